The predicted molar refractivity (Wildman–Crippen MR) is 126 cm³/mol. The number of aryl methyl sites for hydroxylation is 3. The van der Waals surface area contributed by atoms with E-state index in [2.05, 4.69) is 86.1 Å². The van der Waals surface area contributed by atoms with Gasteiger partial charge < -0.3 is 9.88 Å². The second-order valence-electron chi connectivity index (χ2n) is 8.56. The molecule has 0 aliphatic carbocycles. The van der Waals surface area contributed by atoms with Crippen LogP contribution in [0.2, 0.25) is 0 Å². The Kier molecular flexibility index (Phi) is 7.31. The van der Waals surface area contributed by atoms with Crippen LogP contribution < -0.4 is 5.32 Å². The van der Waals surface area contributed by atoms with Crippen LogP contribution >= 0.6 is 0 Å². The van der Waals surface area contributed by atoms with Crippen LogP contribution in [0.15, 0.2) is 54.6 Å². The number of nitrogens with one attached hydrogen (secondary N) is 1. The number of carbonyl (C=O) groups excluding carboxylic acids is 1. The molecule has 31 heavy (non-hydrogen) atoms. The summed E-state index contributed by atoms with van der Waals surface area (Å²) in [6.45, 7) is 9.13. The van der Waals surface area contributed by atoms with Gasteiger partial charge in [-0.1, -0.05) is 49.7 Å². The quantitative estimate of drug-likeness (QED) is 0.528. The molecule has 0 fully saturated rings. The number of nitrogens with zero attached hydrogens (tertiary/aromatic N) is 2. The van der Waals surface area contributed by atoms with E-state index in [0.29, 0.717) is 31.7 Å². The highest BCUT2D eigenvalue weighted by molar-refractivity contribution is 5.76. The minimum atomic E-state index is 0.0823. The minimum absolute atomic E-state index is 0.0823. The number of amides is 1. The molecule has 0 atom stereocenters. The second kappa shape index (κ2) is 10.1. The molecule has 1 N–H and O–H groups in total. The number of hydrogen-bond acceptors (Lipinski definition) is 2. The lowest BCUT2D eigenvalue weighted by Gasteiger charge is -2.16. The van der Waals surface area contributed by atoms with Crippen molar-refractivity contribution in [3.05, 3.63) is 77.0 Å². The van der Waals surface area contributed by atoms with Crippen LogP contribution in [0.25, 0.3) is 16.9 Å². The van der Waals surface area contributed by atoms with Gasteiger partial charge in [0, 0.05) is 29.9 Å². The Morgan fingerprint density at radius 3 is 2.45 bits per heavy atom. The maximum absolute atomic E-state index is 12.3. The molecule has 3 rings (SSSR count). The Labute approximate surface area is 185 Å². The monoisotopic (exact) mass is 413 g/mol. The number of carbonyl (C=O) groups is 1. The van der Waals surface area contributed by atoms with Crippen LogP contribution in [0.5, 0.6) is 0 Å². The van der Waals surface area contributed by atoms with Gasteiger partial charge in [-0.25, -0.2) is 0 Å². The van der Waals surface area contributed by atoms with Crippen molar-refractivity contribution in [3.8, 4) is 23.0 Å². The molecule has 160 valence electrons. The molecular weight excluding hydrogens is 382 g/mol. The first-order valence-electron chi connectivity index (χ1n) is 10.9. The summed E-state index contributed by atoms with van der Waals surface area (Å²) in [5.74, 6) is 0.523. The van der Waals surface area contributed by atoms with Crippen LogP contribution in [-0.4, -0.2) is 17.0 Å². The zero-order chi connectivity index (χ0) is 22.4. The fourth-order valence-corrected chi connectivity index (χ4v) is 3.79. The molecule has 0 aliphatic rings. The van der Waals surface area contributed by atoms with Crippen LogP contribution in [0.3, 0.4) is 0 Å². The SMILES string of the molecule is Cc1ccc(-c2ccc(CCC(=O)NCC(C)C)n2-c2ccc(CC#N)cc2)c(C)c1. The third-order valence-corrected chi connectivity index (χ3v) is 5.41. The van der Waals surface area contributed by atoms with Gasteiger partial charge in [-0.2, -0.15) is 5.26 Å². The number of hydrogen-bond donors (Lipinski definition) is 1. The van der Waals surface area contributed by atoms with Gasteiger partial charge in [0.2, 0.25) is 5.91 Å². The van der Waals surface area contributed by atoms with Gasteiger partial charge in [0.15, 0.2) is 0 Å². The largest absolute Gasteiger partial charge is 0.356 e. The Hall–Kier alpha value is -3.32. The molecule has 0 aliphatic heterocycles. The molecule has 1 aromatic heterocycles. The highest BCUT2D eigenvalue weighted by Crippen LogP contribution is 2.30. The molecule has 4 nitrogen and oxygen atoms in total. The molecule has 0 saturated heterocycles. The Bertz CT molecular complexity index is 1080. The standard InChI is InChI=1S/C27H31N3O/c1-19(2)18-29-27(31)14-11-24-10-13-26(25-12-5-20(3)17-21(25)4)30(24)23-8-6-22(7-9-23)15-16-28/h5-10,12-13,17,19H,11,14-15,18H2,1-4H3,(H,29,31). The summed E-state index contributed by atoms with van der Waals surface area (Å²) in [4.78, 5) is 12.3. The van der Waals surface area contributed by atoms with Crippen molar-refractivity contribution in [2.75, 3.05) is 6.54 Å². The maximum Gasteiger partial charge on any atom is 0.220 e. The molecular formula is C27H31N3O. The Morgan fingerprint density at radius 2 is 1.81 bits per heavy atom. The maximum atomic E-state index is 12.3. The summed E-state index contributed by atoms with van der Waals surface area (Å²) < 4.78 is 2.24. The summed E-state index contributed by atoms with van der Waals surface area (Å²) in [7, 11) is 0. The van der Waals surface area contributed by atoms with Crippen molar-refractivity contribution in [1.29, 1.82) is 5.26 Å². The van der Waals surface area contributed by atoms with Gasteiger partial charge in [0.25, 0.3) is 0 Å². The number of nitriles is 1. The van der Waals surface area contributed by atoms with Crippen LogP contribution in [0, 0.1) is 31.1 Å². The third-order valence-electron chi connectivity index (χ3n) is 5.41. The summed E-state index contributed by atoms with van der Waals surface area (Å²) in [5, 5.41) is 12.0. The lowest BCUT2D eigenvalue weighted by molar-refractivity contribution is -0.121. The Balaban J connectivity index is 1.96. The van der Waals surface area contributed by atoms with Gasteiger partial charge in [-0.3, -0.25) is 4.79 Å². The van der Waals surface area contributed by atoms with Gasteiger partial charge in [-0.15, -0.1) is 0 Å². The molecule has 4 heteroatoms. The minimum Gasteiger partial charge on any atom is -0.356 e. The zero-order valence-electron chi connectivity index (χ0n) is 18.9. The second-order valence-corrected chi connectivity index (χ2v) is 8.56. The van der Waals surface area contributed by atoms with Crippen molar-refractivity contribution >= 4 is 5.91 Å². The highest BCUT2D eigenvalue weighted by atomic mass is 16.1. The average Bonchev–Trinajstić information content (AvgIpc) is 3.15. The molecule has 1 amide bonds. The molecule has 0 bridgehead atoms. The average molecular weight is 414 g/mol. The van der Waals surface area contributed by atoms with Crippen molar-refractivity contribution in [3.63, 3.8) is 0 Å². The van der Waals surface area contributed by atoms with Crippen molar-refractivity contribution in [2.45, 2.75) is 47.0 Å². The number of rotatable bonds is 8. The topological polar surface area (TPSA) is 57.8 Å². The molecule has 1 heterocycles. The van der Waals surface area contributed by atoms with E-state index < -0.39 is 0 Å². The summed E-state index contributed by atoms with van der Waals surface area (Å²) >= 11 is 0. The Morgan fingerprint density at radius 1 is 1.06 bits per heavy atom. The fraction of sp³-hybridized carbons (Fsp3) is 0.333. The van der Waals surface area contributed by atoms with Crippen LogP contribution in [0.4, 0.5) is 0 Å². The van der Waals surface area contributed by atoms with Gasteiger partial charge in [0.05, 0.1) is 18.2 Å². The zero-order valence-corrected chi connectivity index (χ0v) is 18.9. The molecule has 0 unspecified atom stereocenters. The molecule has 2 aromatic carbocycles. The van der Waals surface area contributed by atoms with E-state index in [0.717, 1.165) is 22.6 Å². The number of aromatic nitrogens is 1. The van der Waals surface area contributed by atoms with Gasteiger partial charge >= 0.3 is 0 Å². The fourth-order valence-electron chi connectivity index (χ4n) is 3.79. The van der Waals surface area contributed by atoms with Crippen LogP contribution in [0.1, 0.15) is 42.7 Å². The van der Waals surface area contributed by atoms with E-state index in [1.54, 1.807) is 0 Å². The molecule has 3 aromatic rings. The van der Waals surface area contributed by atoms with E-state index >= 15 is 0 Å². The van der Waals surface area contributed by atoms with E-state index in [1.807, 2.05) is 12.1 Å². The number of benzene rings is 2. The first kappa shape index (κ1) is 22.4. The van der Waals surface area contributed by atoms with E-state index in [4.69, 9.17) is 5.26 Å². The van der Waals surface area contributed by atoms with E-state index in [1.165, 1.54) is 16.7 Å². The molecule has 0 radical (unpaired) electrons. The lowest BCUT2D eigenvalue weighted by atomic mass is 10.0. The molecule has 0 saturated carbocycles. The van der Waals surface area contributed by atoms with Crippen LogP contribution in [-0.2, 0) is 17.6 Å². The first-order chi connectivity index (χ1) is 14.9. The van der Waals surface area contributed by atoms with Crippen molar-refractivity contribution in [2.24, 2.45) is 5.92 Å². The lowest BCUT2D eigenvalue weighted by Crippen LogP contribution is -2.27. The third kappa shape index (κ3) is 5.64. The first-order valence-corrected chi connectivity index (χ1v) is 10.9. The summed E-state index contributed by atoms with van der Waals surface area (Å²) in [6, 6.07) is 21.1. The smallest absolute Gasteiger partial charge is 0.220 e. The van der Waals surface area contributed by atoms with E-state index in [9.17, 15) is 4.79 Å². The van der Waals surface area contributed by atoms with Crippen molar-refractivity contribution in [1.82, 2.24) is 9.88 Å². The van der Waals surface area contributed by atoms with Gasteiger partial charge in [0.1, 0.15) is 0 Å². The highest BCUT2D eigenvalue weighted by Gasteiger charge is 2.15. The van der Waals surface area contributed by atoms with E-state index in [-0.39, 0.29) is 5.91 Å². The normalized spacial score (nSPS) is 10.8. The van der Waals surface area contributed by atoms with Crippen molar-refractivity contribution < 1.29 is 4.79 Å². The summed E-state index contributed by atoms with van der Waals surface area (Å²) in [5.41, 5.74) is 7.90. The summed E-state index contributed by atoms with van der Waals surface area (Å²) in [6.07, 6.45) is 1.52. The predicted octanol–water partition coefficient (Wildman–Crippen LogP) is 5.53. The van der Waals surface area contributed by atoms with Gasteiger partial charge in [-0.05, 0) is 61.6 Å². The molecule has 0 spiro atoms.